The molecule has 0 amide bonds. The number of aromatic nitrogens is 3. The molecule has 7 aromatic carbocycles. The first-order valence-corrected chi connectivity index (χ1v) is 16.4. The number of fused-ring (bicyclic) bond motifs is 3. The largest absolute Gasteiger partial charge is 0.455 e. The van der Waals surface area contributed by atoms with Crippen LogP contribution in [0.2, 0.25) is 0 Å². The summed E-state index contributed by atoms with van der Waals surface area (Å²) in [7, 11) is 0. The minimum absolute atomic E-state index is 0.571. The van der Waals surface area contributed by atoms with E-state index < -0.39 is 0 Å². The third kappa shape index (κ3) is 5.35. The van der Waals surface area contributed by atoms with Crippen molar-refractivity contribution in [3.63, 3.8) is 0 Å². The van der Waals surface area contributed by atoms with E-state index in [-0.39, 0.29) is 0 Å². The van der Waals surface area contributed by atoms with Crippen LogP contribution < -0.4 is 0 Å². The van der Waals surface area contributed by atoms with Gasteiger partial charge in [-0.25, -0.2) is 15.0 Å². The van der Waals surface area contributed by atoms with Gasteiger partial charge in [-0.1, -0.05) is 164 Å². The molecule has 0 saturated carbocycles. The van der Waals surface area contributed by atoms with Crippen molar-refractivity contribution in [3.8, 4) is 67.5 Å². The summed E-state index contributed by atoms with van der Waals surface area (Å²) in [5, 5.41) is 2.11. The fourth-order valence-corrected chi connectivity index (χ4v) is 6.52. The Hall–Kier alpha value is -6.65. The smallest absolute Gasteiger partial charge is 0.167 e. The SMILES string of the molecule is c1ccc(-c2ccc(-c3ccccc3-c3ccc(-c4nc(-c5ccccc5)nc(-c5cccc6c5oc5ccccc56)n4)cc3)cc2)cc1. The Morgan fingerprint density at radius 1 is 0.286 bits per heavy atom. The van der Waals surface area contributed by atoms with E-state index in [2.05, 4.69) is 109 Å². The van der Waals surface area contributed by atoms with Crippen molar-refractivity contribution in [2.24, 2.45) is 0 Å². The predicted octanol–water partition coefficient (Wildman–Crippen LogP) is 11.8. The van der Waals surface area contributed by atoms with E-state index in [1.165, 1.54) is 27.8 Å². The average molecular weight is 628 g/mol. The minimum atomic E-state index is 0.571. The van der Waals surface area contributed by atoms with Crippen LogP contribution in [0.3, 0.4) is 0 Å². The van der Waals surface area contributed by atoms with Gasteiger partial charge in [-0.15, -0.1) is 0 Å². The number of furan rings is 1. The minimum Gasteiger partial charge on any atom is -0.455 e. The van der Waals surface area contributed by atoms with E-state index in [4.69, 9.17) is 19.4 Å². The molecule has 0 aliphatic heterocycles. The molecular formula is C45H29N3O. The maximum atomic E-state index is 6.37. The van der Waals surface area contributed by atoms with Gasteiger partial charge in [0.15, 0.2) is 17.5 Å². The Labute approximate surface area is 284 Å². The molecular weight excluding hydrogens is 599 g/mol. The highest BCUT2D eigenvalue weighted by atomic mass is 16.3. The second kappa shape index (κ2) is 12.2. The van der Waals surface area contributed by atoms with Gasteiger partial charge in [-0.05, 0) is 45.5 Å². The highest BCUT2D eigenvalue weighted by Crippen LogP contribution is 2.37. The molecule has 0 atom stereocenters. The van der Waals surface area contributed by atoms with Crippen molar-refractivity contribution in [2.45, 2.75) is 0 Å². The first-order chi connectivity index (χ1) is 24.3. The topological polar surface area (TPSA) is 51.8 Å². The summed E-state index contributed by atoms with van der Waals surface area (Å²) in [6.45, 7) is 0. The van der Waals surface area contributed by atoms with Crippen LogP contribution in [-0.4, -0.2) is 15.0 Å². The molecule has 2 heterocycles. The van der Waals surface area contributed by atoms with Crippen LogP contribution >= 0.6 is 0 Å². The Kier molecular flexibility index (Phi) is 7.10. The van der Waals surface area contributed by atoms with E-state index in [1.54, 1.807) is 0 Å². The second-order valence-electron chi connectivity index (χ2n) is 12.0. The van der Waals surface area contributed by atoms with Crippen molar-refractivity contribution in [2.75, 3.05) is 0 Å². The predicted molar refractivity (Wildman–Crippen MR) is 200 cm³/mol. The quantitative estimate of drug-likeness (QED) is 0.184. The van der Waals surface area contributed by atoms with Crippen LogP contribution in [0.15, 0.2) is 180 Å². The highest BCUT2D eigenvalue weighted by Gasteiger charge is 2.18. The monoisotopic (exact) mass is 627 g/mol. The Morgan fingerprint density at radius 2 is 0.714 bits per heavy atom. The Balaban J connectivity index is 1.11. The molecule has 0 fully saturated rings. The molecule has 4 heteroatoms. The highest BCUT2D eigenvalue weighted by molar-refractivity contribution is 6.09. The Bertz CT molecular complexity index is 2570. The average Bonchev–Trinajstić information content (AvgIpc) is 3.58. The van der Waals surface area contributed by atoms with Crippen molar-refractivity contribution in [1.82, 2.24) is 15.0 Å². The number of nitrogens with zero attached hydrogens (tertiary/aromatic N) is 3. The Morgan fingerprint density at radius 3 is 1.37 bits per heavy atom. The van der Waals surface area contributed by atoms with E-state index in [1.807, 2.05) is 66.7 Å². The van der Waals surface area contributed by atoms with E-state index in [9.17, 15) is 0 Å². The summed E-state index contributed by atoms with van der Waals surface area (Å²) in [6, 6.07) is 60.6. The summed E-state index contributed by atoms with van der Waals surface area (Å²) >= 11 is 0. The number of rotatable bonds is 6. The van der Waals surface area contributed by atoms with Crippen LogP contribution in [0.1, 0.15) is 0 Å². The summed E-state index contributed by atoms with van der Waals surface area (Å²) in [6.07, 6.45) is 0. The normalized spacial score (nSPS) is 11.3. The first-order valence-electron chi connectivity index (χ1n) is 16.4. The molecule has 9 rings (SSSR count). The molecule has 0 unspecified atom stereocenters. The van der Waals surface area contributed by atoms with Gasteiger partial charge in [0.1, 0.15) is 11.2 Å². The maximum absolute atomic E-state index is 6.37. The molecule has 0 saturated heterocycles. The van der Waals surface area contributed by atoms with Crippen LogP contribution in [0.4, 0.5) is 0 Å². The van der Waals surface area contributed by atoms with Crippen molar-refractivity contribution >= 4 is 21.9 Å². The molecule has 0 spiro atoms. The lowest BCUT2D eigenvalue weighted by molar-refractivity contribution is 0.669. The molecule has 0 N–H and O–H groups in total. The zero-order valence-corrected chi connectivity index (χ0v) is 26.5. The molecule has 230 valence electrons. The van der Waals surface area contributed by atoms with E-state index in [0.717, 1.165) is 44.2 Å². The van der Waals surface area contributed by atoms with Crippen LogP contribution in [-0.2, 0) is 0 Å². The van der Waals surface area contributed by atoms with Gasteiger partial charge in [0.05, 0.1) is 5.56 Å². The lowest BCUT2D eigenvalue weighted by Crippen LogP contribution is -2.00. The maximum Gasteiger partial charge on any atom is 0.167 e. The van der Waals surface area contributed by atoms with Crippen LogP contribution in [0.5, 0.6) is 0 Å². The van der Waals surface area contributed by atoms with Gasteiger partial charge in [-0.2, -0.15) is 0 Å². The van der Waals surface area contributed by atoms with Gasteiger partial charge in [0.25, 0.3) is 0 Å². The number of hydrogen-bond donors (Lipinski definition) is 0. The number of benzene rings is 7. The molecule has 49 heavy (non-hydrogen) atoms. The van der Waals surface area contributed by atoms with Crippen molar-refractivity contribution < 1.29 is 4.42 Å². The lowest BCUT2D eigenvalue weighted by atomic mass is 9.93. The van der Waals surface area contributed by atoms with Gasteiger partial charge >= 0.3 is 0 Å². The van der Waals surface area contributed by atoms with Crippen molar-refractivity contribution in [1.29, 1.82) is 0 Å². The molecule has 0 aliphatic rings. The van der Waals surface area contributed by atoms with Gasteiger partial charge < -0.3 is 4.42 Å². The van der Waals surface area contributed by atoms with Crippen molar-refractivity contribution in [3.05, 3.63) is 176 Å². The third-order valence-electron chi connectivity index (χ3n) is 9.00. The zero-order chi connectivity index (χ0) is 32.6. The summed E-state index contributed by atoms with van der Waals surface area (Å²) < 4.78 is 6.37. The molecule has 9 aromatic rings. The number of para-hydroxylation sites is 2. The van der Waals surface area contributed by atoms with E-state index >= 15 is 0 Å². The van der Waals surface area contributed by atoms with Crippen LogP contribution in [0.25, 0.3) is 89.5 Å². The van der Waals surface area contributed by atoms with Gasteiger partial charge in [0, 0.05) is 21.9 Å². The van der Waals surface area contributed by atoms with Crippen LogP contribution in [0, 0.1) is 0 Å². The fourth-order valence-electron chi connectivity index (χ4n) is 6.52. The molecule has 0 bridgehead atoms. The molecule has 0 aliphatic carbocycles. The van der Waals surface area contributed by atoms with E-state index in [0.29, 0.717) is 17.5 Å². The molecule has 4 nitrogen and oxygen atoms in total. The zero-order valence-electron chi connectivity index (χ0n) is 26.5. The first kappa shape index (κ1) is 28.6. The second-order valence-corrected chi connectivity index (χ2v) is 12.0. The molecule has 0 radical (unpaired) electrons. The summed E-state index contributed by atoms with van der Waals surface area (Å²) in [4.78, 5) is 15.0. The lowest BCUT2D eigenvalue weighted by Gasteiger charge is -2.12. The summed E-state index contributed by atoms with van der Waals surface area (Å²) in [5.74, 6) is 1.79. The van der Waals surface area contributed by atoms with Gasteiger partial charge in [0.2, 0.25) is 0 Å². The number of hydrogen-bond acceptors (Lipinski definition) is 4. The third-order valence-corrected chi connectivity index (χ3v) is 9.00. The fraction of sp³-hybridized carbons (Fsp3) is 0. The molecule has 2 aromatic heterocycles. The van der Waals surface area contributed by atoms with Gasteiger partial charge in [-0.3, -0.25) is 0 Å². The standard InChI is InChI=1S/C45H29N3O/c1-3-12-30(13-4-1)31-22-24-32(25-23-31)36-16-7-8-17-37(36)33-26-28-35(29-27-33)44-46-43(34-14-5-2-6-15-34)47-45(48-44)40-20-11-19-39-38-18-9-10-21-41(38)49-42(39)40/h1-29H. The summed E-state index contributed by atoms with van der Waals surface area (Å²) in [5.41, 5.74) is 11.3.